The van der Waals surface area contributed by atoms with Crippen LogP contribution >= 0.6 is 27.3 Å². The van der Waals surface area contributed by atoms with Gasteiger partial charge >= 0.3 is 5.97 Å². The van der Waals surface area contributed by atoms with E-state index < -0.39 is 5.97 Å². The van der Waals surface area contributed by atoms with Gasteiger partial charge in [0.1, 0.15) is 0 Å². The fraction of sp³-hybridized carbons (Fsp3) is 0.545. The van der Waals surface area contributed by atoms with Gasteiger partial charge in [0, 0.05) is 17.5 Å². The van der Waals surface area contributed by atoms with Crippen LogP contribution in [0.5, 0.6) is 0 Å². The van der Waals surface area contributed by atoms with E-state index in [-0.39, 0.29) is 12.5 Å². The summed E-state index contributed by atoms with van der Waals surface area (Å²) in [6.07, 6.45) is 0.199. The van der Waals surface area contributed by atoms with Gasteiger partial charge in [-0.1, -0.05) is 6.92 Å². The Bertz CT molecular complexity index is 354. The highest BCUT2D eigenvalue weighted by Gasteiger charge is 2.16. The van der Waals surface area contributed by atoms with Gasteiger partial charge in [-0.15, -0.1) is 11.3 Å². The third kappa shape index (κ3) is 3.88. The fourth-order valence-corrected chi connectivity index (χ4v) is 3.11. The van der Waals surface area contributed by atoms with Gasteiger partial charge in [0.2, 0.25) is 0 Å². The number of thiophene rings is 1. The Balaban J connectivity index is 2.61. The SMILES string of the molecule is CCN(CCC(=O)O)C(C)c1ccc(Br)s1. The van der Waals surface area contributed by atoms with Crippen molar-refractivity contribution in [3.63, 3.8) is 0 Å². The number of hydrogen-bond donors (Lipinski definition) is 1. The first-order valence-electron chi connectivity index (χ1n) is 5.25. The van der Waals surface area contributed by atoms with Crippen molar-refractivity contribution in [3.8, 4) is 0 Å². The summed E-state index contributed by atoms with van der Waals surface area (Å²) in [6.45, 7) is 5.64. The van der Waals surface area contributed by atoms with Crippen LogP contribution in [0.3, 0.4) is 0 Å². The van der Waals surface area contributed by atoms with Crippen LogP contribution in [0.2, 0.25) is 0 Å². The lowest BCUT2D eigenvalue weighted by Gasteiger charge is -2.26. The molecule has 0 amide bonds. The van der Waals surface area contributed by atoms with Gasteiger partial charge in [-0.05, 0) is 41.5 Å². The molecule has 1 aromatic heterocycles. The second kappa shape index (κ2) is 6.37. The van der Waals surface area contributed by atoms with Crippen LogP contribution in [0.4, 0.5) is 0 Å². The summed E-state index contributed by atoms with van der Waals surface area (Å²) in [5.41, 5.74) is 0. The molecule has 0 aliphatic heterocycles. The van der Waals surface area contributed by atoms with E-state index >= 15 is 0 Å². The van der Waals surface area contributed by atoms with Gasteiger partial charge in [0.25, 0.3) is 0 Å². The highest BCUT2D eigenvalue weighted by atomic mass is 79.9. The van der Waals surface area contributed by atoms with E-state index in [1.165, 1.54) is 4.88 Å². The molecule has 16 heavy (non-hydrogen) atoms. The number of aliphatic carboxylic acids is 1. The third-order valence-electron chi connectivity index (χ3n) is 2.57. The number of carboxylic acid groups (broad SMARTS) is 1. The normalized spacial score (nSPS) is 13.0. The molecule has 3 nitrogen and oxygen atoms in total. The average molecular weight is 306 g/mol. The molecular weight excluding hydrogens is 290 g/mol. The van der Waals surface area contributed by atoms with Crippen molar-refractivity contribution in [2.75, 3.05) is 13.1 Å². The first-order chi connectivity index (χ1) is 7.54. The van der Waals surface area contributed by atoms with Crippen molar-refractivity contribution in [3.05, 3.63) is 20.8 Å². The molecule has 1 atom stereocenters. The molecule has 0 bridgehead atoms. The van der Waals surface area contributed by atoms with E-state index in [2.05, 4.69) is 40.7 Å². The lowest BCUT2D eigenvalue weighted by Crippen LogP contribution is -2.28. The van der Waals surface area contributed by atoms with Crippen LogP contribution in [0.25, 0.3) is 0 Å². The molecular formula is C11H16BrNO2S. The minimum Gasteiger partial charge on any atom is -0.481 e. The number of carboxylic acids is 1. The van der Waals surface area contributed by atoms with Gasteiger partial charge in [-0.25, -0.2) is 0 Å². The van der Waals surface area contributed by atoms with Crippen molar-refractivity contribution in [2.24, 2.45) is 0 Å². The highest BCUT2D eigenvalue weighted by Crippen LogP contribution is 2.30. The molecule has 0 aliphatic carbocycles. The van der Waals surface area contributed by atoms with Crippen molar-refractivity contribution < 1.29 is 9.90 Å². The van der Waals surface area contributed by atoms with E-state index in [9.17, 15) is 4.79 Å². The van der Waals surface area contributed by atoms with E-state index in [1.807, 2.05) is 6.07 Å². The zero-order valence-electron chi connectivity index (χ0n) is 9.44. The summed E-state index contributed by atoms with van der Waals surface area (Å²) in [5.74, 6) is -0.738. The predicted molar refractivity (Wildman–Crippen MR) is 69.9 cm³/mol. The Morgan fingerprint density at radius 3 is 2.75 bits per heavy atom. The minimum atomic E-state index is -0.738. The molecule has 0 radical (unpaired) electrons. The summed E-state index contributed by atoms with van der Waals surface area (Å²) in [5, 5.41) is 8.68. The number of carbonyl (C=O) groups is 1. The Hall–Kier alpha value is -0.390. The Labute approximate surface area is 108 Å². The summed E-state index contributed by atoms with van der Waals surface area (Å²) in [7, 11) is 0. The number of rotatable bonds is 6. The quantitative estimate of drug-likeness (QED) is 0.876. The molecule has 1 heterocycles. The number of halogens is 1. The molecule has 1 rings (SSSR count). The first-order valence-corrected chi connectivity index (χ1v) is 6.86. The fourth-order valence-electron chi connectivity index (χ4n) is 1.60. The molecule has 90 valence electrons. The molecule has 0 fully saturated rings. The Kier molecular flexibility index (Phi) is 5.44. The van der Waals surface area contributed by atoms with E-state index in [0.29, 0.717) is 6.54 Å². The standard InChI is InChI=1S/C11H16BrNO2S/c1-3-13(7-6-11(14)15)8(2)9-4-5-10(12)16-9/h4-5,8H,3,6-7H2,1-2H3,(H,14,15). The molecule has 0 aromatic carbocycles. The predicted octanol–water partition coefficient (Wildman–Crippen LogP) is 3.37. The lowest BCUT2D eigenvalue weighted by atomic mass is 10.2. The number of nitrogens with zero attached hydrogens (tertiary/aromatic N) is 1. The maximum atomic E-state index is 10.6. The highest BCUT2D eigenvalue weighted by molar-refractivity contribution is 9.11. The van der Waals surface area contributed by atoms with Crippen molar-refractivity contribution in [2.45, 2.75) is 26.3 Å². The van der Waals surface area contributed by atoms with Crippen LogP contribution in [-0.2, 0) is 4.79 Å². The maximum absolute atomic E-state index is 10.6. The van der Waals surface area contributed by atoms with Gasteiger partial charge < -0.3 is 5.11 Å². The smallest absolute Gasteiger partial charge is 0.304 e. The topological polar surface area (TPSA) is 40.5 Å². The van der Waals surface area contributed by atoms with Crippen LogP contribution in [0.1, 0.15) is 31.2 Å². The van der Waals surface area contributed by atoms with E-state index in [0.717, 1.165) is 10.3 Å². The molecule has 0 spiro atoms. The van der Waals surface area contributed by atoms with Gasteiger partial charge in [0.05, 0.1) is 10.2 Å². The van der Waals surface area contributed by atoms with Crippen LogP contribution < -0.4 is 0 Å². The number of hydrogen-bond acceptors (Lipinski definition) is 3. The molecule has 1 unspecified atom stereocenters. The molecule has 1 N–H and O–H groups in total. The van der Waals surface area contributed by atoms with Crippen molar-refractivity contribution in [1.29, 1.82) is 0 Å². The third-order valence-corrected chi connectivity index (χ3v) is 4.37. The van der Waals surface area contributed by atoms with E-state index in [1.54, 1.807) is 11.3 Å². The molecule has 5 heteroatoms. The van der Waals surface area contributed by atoms with Crippen molar-refractivity contribution in [1.82, 2.24) is 4.90 Å². The average Bonchev–Trinajstić information content (AvgIpc) is 2.65. The van der Waals surface area contributed by atoms with Crippen molar-refractivity contribution >= 4 is 33.2 Å². The molecule has 0 aliphatic rings. The minimum absolute atomic E-state index is 0.199. The summed E-state index contributed by atoms with van der Waals surface area (Å²) >= 11 is 5.14. The largest absolute Gasteiger partial charge is 0.481 e. The van der Waals surface area contributed by atoms with Gasteiger partial charge in [-0.3, -0.25) is 9.69 Å². The first kappa shape index (κ1) is 13.7. The maximum Gasteiger partial charge on any atom is 0.304 e. The zero-order chi connectivity index (χ0) is 12.1. The summed E-state index contributed by atoms with van der Waals surface area (Å²) in [6, 6.07) is 4.39. The molecule has 0 saturated carbocycles. The zero-order valence-corrected chi connectivity index (χ0v) is 11.8. The van der Waals surface area contributed by atoms with E-state index in [4.69, 9.17) is 5.11 Å². The Morgan fingerprint density at radius 2 is 2.31 bits per heavy atom. The molecule has 0 saturated heterocycles. The Morgan fingerprint density at radius 1 is 1.62 bits per heavy atom. The van der Waals surface area contributed by atoms with Crippen LogP contribution in [0, 0.1) is 0 Å². The van der Waals surface area contributed by atoms with Crippen LogP contribution in [-0.4, -0.2) is 29.1 Å². The second-order valence-electron chi connectivity index (χ2n) is 3.59. The summed E-state index contributed by atoms with van der Waals surface area (Å²) in [4.78, 5) is 14.0. The van der Waals surface area contributed by atoms with Gasteiger partial charge in [0.15, 0.2) is 0 Å². The lowest BCUT2D eigenvalue weighted by molar-refractivity contribution is -0.137. The van der Waals surface area contributed by atoms with Crippen LogP contribution in [0.15, 0.2) is 15.9 Å². The summed E-state index contributed by atoms with van der Waals surface area (Å²) < 4.78 is 1.11. The molecule has 1 aromatic rings. The monoisotopic (exact) mass is 305 g/mol. The van der Waals surface area contributed by atoms with Gasteiger partial charge in [-0.2, -0.15) is 0 Å². The second-order valence-corrected chi connectivity index (χ2v) is 6.08.